The van der Waals surface area contributed by atoms with E-state index in [0.717, 1.165) is 35.7 Å². The van der Waals surface area contributed by atoms with Gasteiger partial charge in [0.25, 0.3) is 0 Å². The molecule has 128 valence electrons. The van der Waals surface area contributed by atoms with Gasteiger partial charge in [0.05, 0.1) is 23.1 Å². The lowest BCUT2D eigenvalue weighted by Crippen LogP contribution is -2.24. The zero-order chi connectivity index (χ0) is 18.0. The third kappa shape index (κ3) is 3.88. The number of benzene rings is 1. The summed E-state index contributed by atoms with van der Waals surface area (Å²) in [6.07, 6.45) is 6.33. The summed E-state index contributed by atoms with van der Waals surface area (Å²) in [7, 11) is 0. The van der Waals surface area contributed by atoms with Crippen LogP contribution in [0.5, 0.6) is 0 Å². The van der Waals surface area contributed by atoms with Crippen LogP contribution >= 0.6 is 0 Å². The summed E-state index contributed by atoms with van der Waals surface area (Å²) in [6, 6.07) is 10.0. The average molecular weight is 334 g/mol. The second kappa shape index (κ2) is 6.68. The fourth-order valence-electron chi connectivity index (χ4n) is 3.07. The van der Waals surface area contributed by atoms with Crippen molar-refractivity contribution in [2.75, 3.05) is 0 Å². The van der Waals surface area contributed by atoms with Crippen molar-refractivity contribution in [1.29, 1.82) is 5.26 Å². The van der Waals surface area contributed by atoms with Gasteiger partial charge in [-0.25, -0.2) is 4.79 Å². The highest BCUT2D eigenvalue weighted by Gasteiger charge is 2.21. The maximum Gasteiger partial charge on any atom is 0.339 e. The van der Waals surface area contributed by atoms with Gasteiger partial charge >= 0.3 is 5.97 Å². The highest BCUT2D eigenvalue weighted by Crippen LogP contribution is 2.32. The van der Waals surface area contributed by atoms with E-state index in [1.54, 1.807) is 12.3 Å². The Labute approximate surface area is 148 Å². The molecular weight excluding hydrogens is 312 g/mol. The van der Waals surface area contributed by atoms with Gasteiger partial charge in [0.1, 0.15) is 5.60 Å². The molecule has 4 heteroatoms. The Bertz CT molecular complexity index is 885. The first kappa shape index (κ1) is 17.2. The second-order valence-electron chi connectivity index (χ2n) is 7.42. The van der Waals surface area contributed by atoms with Crippen molar-refractivity contribution < 1.29 is 9.53 Å². The number of hydrogen-bond acceptors (Lipinski definition) is 4. The Morgan fingerprint density at radius 3 is 2.76 bits per heavy atom. The number of allylic oxidation sites excluding steroid dienone is 2. The van der Waals surface area contributed by atoms with E-state index < -0.39 is 5.60 Å². The molecule has 0 amide bonds. The minimum Gasteiger partial charge on any atom is -0.456 e. The quantitative estimate of drug-likeness (QED) is 0.733. The van der Waals surface area contributed by atoms with Crippen LogP contribution in [0.3, 0.4) is 0 Å². The lowest BCUT2D eigenvalue weighted by atomic mass is 9.87. The molecule has 2 aromatic rings. The normalized spacial score (nSPS) is 17.7. The Morgan fingerprint density at radius 2 is 2.12 bits per heavy atom. The van der Waals surface area contributed by atoms with E-state index in [0.29, 0.717) is 5.56 Å². The number of esters is 1. The highest BCUT2D eigenvalue weighted by atomic mass is 16.6. The third-order valence-electron chi connectivity index (χ3n) is 4.32. The first-order valence-electron chi connectivity index (χ1n) is 8.58. The summed E-state index contributed by atoms with van der Waals surface area (Å²) in [4.78, 5) is 16.9. The smallest absolute Gasteiger partial charge is 0.339 e. The summed E-state index contributed by atoms with van der Waals surface area (Å²) < 4.78 is 5.53. The minimum absolute atomic E-state index is 0.114. The molecule has 0 bridgehead atoms. The van der Waals surface area contributed by atoms with Gasteiger partial charge in [-0.15, -0.1) is 0 Å². The van der Waals surface area contributed by atoms with Crippen molar-refractivity contribution in [3.8, 4) is 6.07 Å². The number of carbonyl (C=O) groups excluding carboxylic acids is 1. The van der Waals surface area contributed by atoms with Gasteiger partial charge in [0.2, 0.25) is 0 Å². The zero-order valence-electron chi connectivity index (χ0n) is 14.9. The number of ether oxygens (including phenoxy) is 1. The number of carbonyl (C=O) groups is 1. The number of rotatable bonds is 2. The SMILES string of the molecule is CC(C)(C)OC(=O)c1ccnc2ccc(C3=CC[C@H](C#N)CC3)cc12. The molecule has 0 unspecified atom stereocenters. The molecule has 0 saturated heterocycles. The van der Waals surface area contributed by atoms with Crippen LogP contribution in [-0.4, -0.2) is 16.6 Å². The van der Waals surface area contributed by atoms with Crippen LogP contribution in [0.1, 0.15) is 56.0 Å². The summed E-state index contributed by atoms with van der Waals surface area (Å²) >= 11 is 0. The van der Waals surface area contributed by atoms with Crippen molar-refractivity contribution in [2.45, 2.75) is 45.6 Å². The molecule has 0 N–H and O–H groups in total. The predicted octanol–water partition coefficient (Wildman–Crippen LogP) is 4.90. The first-order chi connectivity index (χ1) is 11.9. The van der Waals surface area contributed by atoms with Crippen molar-refractivity contribution in [2.24, 2.45) is 5.92 Å². The second-order valence-corrected chi connectivity index (χ2v) is 7.42. The van der Waals surface area contributed by atoms with Crippen molar-refractivity contribution in [3.63, 3.8) is 0 Å². The molecule has 25 heavy (non-hydrogen) atoms. The first-order valence-corrected chi connectivity index (χ1v) is 8.58. The van der Waals surface area contributed by atoms with Crippen LogP contribution in [-0.2, 0) is 4.74 Å². The lowest BCUT2D eigenvalue weighted by Gasteiger charge is -2.20. The highest BCUT2D eigenvalue weighted by molar-refractivity contribution is 6.04. The zero-order valence-corrected chi connectivity index (χ0v) is 14.9. The molecule has 0 aliphatic heterocycles. The number of fused-ring (bicyclic) bond motifs is 1. The third-order valence-corrected chi connectivity index (χ3v) is 4.32. The van der Waals surface area contributed by atoms with Crippen LogP contribution in [0.4, 0.5) is 0 Å². The molecule has 0 saturated carbocycles. The fraction of sp³-hybridized carbons (Fsp3) is 0.381. The van der Waals surface area contributed by atoms with E-state index in [9.17, 15) is 4.79 Å². The van der Waals surface area contributed by atoms with Crippen LogP contribution in [0.15, 0.2) is 36.5 Å². The molecule has 0 spiro atoms. The van der Waals surface area contributed by atoms with Gasteiger partial charge in [-0.2, -0.15) is 5.26 Å². The van der Waals surface area contributed by atoms with Gasteiger partial charge in [-0.3, -0.25) is 4.98 Å². The van der Waals surface area contributed by atoms with Crippen LogP contribution in [0, 0.1) is 17.2 Å². The Kier molecular flexibility index (Phi) is 4.59. The van der Waals surface area contributed by atoms with E-state index in [1.165, 1.54) is 5.57 Å². The molecule has 1 aromatic heterocycles. The fourth-order valence-corrected chi connectivity index (χ4v) is 3.07. The van der Waals surface area contributed by atoms with Crippen LogP contribution in [0.25, 0.3) is 16.5 Å². The molecule has 1 aliphatic carbocycles. The van der Waals surface area contributed by atoms with E-state index in [-0.39, 0.29) is 11.9 Å². The molecular formula is C21H22N2O2. The molecule has 0 radical (unpaired) electrons. The van der Waals surface area contributed by atoms with Gasteiger partial charge in [0, 0.05) is 11.6 Å². The Morgan fingerprint density at radius 1 is 1.32 bits per heavy atom. The Hall–Kier alpha value is -2.67. The van der Waals surface area contributed by atoms with Gasteiger partial charge in [-0.1, -0.05) is 12.1 Å². The van der Waals surface area contributed by atoms with Gasteiger partial charge in [-0.05, 0) is 69.4 Å². The van der Waals surface area contributed by atoms with E-state index in [2.05, 4.69) is 17.1 Å². The molecule has 1 aliphatic rings. The summed E-state index contributed by atoms with van der Waals surface area (Å²) in [6.45, 7) is 5.58. The molecule has 0 fully saturated rings. The largest absolute Gasteiger partial charge is 0.456 e. The maximum absolute atomic E-state index is 12.5. The number of hydrogen-bond donors (Lipinski definition) is 0. The van der Waals surface area contributed by atoms with Crippen molar-refractivity contribution in [3.05, 3.63) is 47.7 Å². The summed E-state index contributed by atoms with van der Waals surface area (Å²) in [5, 5.41) is 9.84. The molecule has 4 nitrogen and oxygen atoms in total. The van der Waals surface area contributed by atoms with Crippen molar-refractivity contribution in [1.82, 2.24) is 4.98 Å². The number of nitriles is 1. The van der Waals surface area contributed by atoms with Crippen LogP contribution < -0.4 is 0 Å². The predicted molar refractivity (Wildman–Crippen MR) is 97.8 cm³/mol. The van der Waals surface area contributed by atoms with Crippen molar-refractivity contribution >= 4 is 22.4 Å². The van der Waals surface area contributed by atoms with E-state index in [1.807, 2.05) is 39.0 Å². The number of aromatic nitrogens is 1. The maximum atomic E-state index is 12.5. The average Bonchev–Trinajstić information content (AvgIpc) is 2.59. The summed E-state index contributed by atoms with van der Waals surface area (Å²) in [5.74, 6) is -0.220. The number of pyridine rings is 1. The van der Waals surface area contributed by atoms with Crippen LogP contribution in [0.2, 0.25) is 0 Å². The lowest BCUT2D eigenvalue weighted by molar-refractivity contribution is 0.00718. The monoisotopic (exact) mass is 334 g/mol. The molecule has 1 aromatic carbocycles. The summed E-state index contributed by atoms with van der Waals surface area (Å²) in [5.41, 5.74) is 3.09. The number of nitrogens with zero attached hydrogens (tertiary/aromatic N) is 2. The topological polar surface area (TPSA) is 63.0 Å². The van der Waals surface area contributed by atoms with Gasteiger partial charge in [0.15, 0.2) is 0 Å². The molecule has 1 atom stereocenters. The van der Waals surface area contributed by atoms with E-state index in [4.69, 9.17) is 10.00 Å². The minimum atomic E-state index is -0.539. The molecule has 3 rings (SSSR count). The standard InChI is InChI=1S/C21H22N2O2/c1-21(2,3)25-20(24)17-10-11-23-19-9-8-16(12-18(17)19)15-6-4-14(13-22)5-7-15/h6,8-12,14H,4-5,7H2,1-3H3/t14-/m0/s1. The Balaban J connectivity index is 1.99. The van der Waals surface area contributed by atoms with E-state index >= 15 is 0 Å². The van der Waals surface area contributed by atoms with Gasteiger partial charge < -0.3 is 4.74 Å². The molecule has 1 heterocycles.